The molecule has 0 aromatic carbocycles. The van der Waals surface area contributed by atoms with Gasteiger partial charge < -0.3 is 4.74 Å². The van der Waals surface area contributed by atoms with Crippen LogP contribution in [0.5, 0.6) is 0 Å². The number of fused-ring (bicyclic) bond motifs is 1. The van der Waals surface area contributed by atoms with Crippen molar-refractivity contribution < 1.29 is 14.3 Å². The van der Waals surface area contributed by atoms with Crippen molar-refractivity contribution in [2.24, 2.45) is 17.3 Å². The van der Waals surface area contributed by atoms with Gasteiger partial charge in [0.25, 0.3) is 0 Å². The van der Waals surface area contributed by atoms with E-state index in [1.807, 2.05) is 0 Å². The fraction of sp³-hybridized carbons (Fsp3) is 0.625. The molecule has 0 aliphatic heterocycles. The van der Waals surface area contributed by atoms with Gasteiger partial charge in [-0.2, -0.15) is 0 Å². The number of rotatable bonds is 3. The molecule has 0 aromatic heterocycles. The van der Waals surface area contributed by atoms with Gasteiger partial charge in [-0.15, -0.1) is 0 Å². The van der Waals surface area contributed by atoms with E-state index < -0.39 is 11.9 Å². The zero-order chi connectivity index (χ0) is 14.0. The van der Waals surface area contributed by atoms with Crippen LogP contribution in [0.3, 0.4) is 0 Å². The molecule has 0 spiro atoms. The summed E-state index contributed by atoms with van der Waals surface area (Å²) in [4.78, 5) is 24.0. The van der Waals surface area contributed by atoms with E-state index in [1.165, 1.54) is 11.6 Å². The minimum atomic E-state index is -0.609. The Bertz CT molecular complexity index is 431. The highest BCUT2D eigenvalue weighted by atomic mass is 16.5. The van der Waals surface area contributed by atoms with Crippen molar-refractivity contribution in [3.63, 3.8) is 0 Å². The molecule has 0 saturated heterocycles. The summed E-state index contributed by atoms with van der Waals surface area (Å²) in [6, 6.07) is 0. The van der Waals surface area contributed by atoms with Crippen LogP contribution in [0.4, 0.5) is 0 Å². The molecule has 0 heterocycles. The first kappa shape index (κ1) is 14.0. The maximum absolute atomic E-state index is 12.1. The number of carbonyl (C=O) groups is 2. The molecule has 2 unspecified atom stereocenters. The van der Waals surface area contributed by atoms with Crippen molar-refractivity contribution in [1.82, 2.24) is 0 Å². The summed E-state index contributed by atoms with van der Waals surface area (Å²) in [5, 5.41) is 0. The molecule has 2 atom stereocenters. The van der Waals surface area contributed by atoms with E-state index in [1.54, 1.807) is 6.08 Å². The second-order valence-corrected chi connectivity index (χ2v) is 6.18. The summed E-state index contributed by atoms with van der Waals surface area (Å²) in [6.45, 7) is 8.06. The van der Waals surface area contributed by atoms with Crippen molar-refractivity contribution in [2.45, 2.75) is 39.5 Å². The molecular formula is C16H22O3. The summed E-state index contributed by atoms with van der Waals surface area (Å²) < 4.78 is 5.03. The molecule has 2 rings (SSSR count). The molecule has 0 amide bonds. The quantitative estimate of drug-likeness (QED) is 0.446. The van der Waals surface area contributed by atoms with Crippen LogP contribution in [0.2, 0.25) is 0 Å². The second kappa shape index (κ2) is 5.32. The first-order chi connectivity index (χ1) is 8.95. The van der Waals surface area contributed by atoms with Gasteiger partial charge in [-0.25, -0.2) is 0 Å². The van der Waals surface area contributed by atoms with Crippen LogP contribution in [-0.2, 0) is 14.3 Å². The largest absolute Gasteiger partial charge is 0.461 e. The van der Waals surface area contributed by atoms with Gasteiger partial charge in [0.05, 0.1) is 0 Å². The van der Waals surface area contributed by atoms with Gasteiger partial charge in [0.1, 0.15) is 12.5 Å². The summed E-state index contributed by atoms with van der Waals surface area (Å²) in [5.41, 5.74) is 1.32. The zero-order valence-electron chi connectivity index (χ0n) is 11.8. The van der Waals surface area contributed by atoms with E-state index in [-0.39, 0.29) is 17.8 Å². The summed E-state index contributed by atoms with van der Waals surface area (Å²) >= 11 is 0. The summed E-state index contributed by atoms with van der Waals surface area (Å²) in [7, 11) is 0. The molecule has 2 aliphatic carbocycles. The number of hydrogen-bond acceptors (Lipinski definition) is 3. The molecule has 104 valence electrons. The Morgan fingerprint density at radius 2 is 2.32 bits per heavy atom. The molecule has 1 saturated carbocycles. The van der Waals surface area contributed by atoms with Gasteiger partial charge in [-0.3, -0.25) is 9.59 Å². The second-order valence-electron chi connectivity index (χ2n) is 6.18. The third-order valence-corrected chi connectivity index (χ3v) is 4.37. The van der Waals surface area contributed by atoms with Crippen LogP contribution in [0.1, 0.15) is 39.5 Å². The van der Waals surface area contributed by atoms with Gasteiger partial charge >= 0.3 is 5.97 Å². The third-order valence-electron chi connectivity index (χ3n) is 4.37. The van der Waals surface area contributed by atoms with Gasteiger partial charge in [0.2, 0.25) is 0 Å². The Morgan fingerprint density at radius 1 is 1.58 bits per heavy atom. The monoisotopic (exact) mass is 262 g/mol. The van der Waals surface area contributed by atoms with Crippen molar-refractivity contribution in [1.29, 1.82) is 0 Å². The number of ether oxygens (including phenoxy) is 1. The molecule has 0 aromatic rings. The number of allylic oxidation sites excluding steroid dienone is 2. The van der Waals surface area contributed by atoms with Crippen molar-refractivity contribution in [3.8, 4) is 0 Å². The lowest BCUT2D eigenvalue weighted by Gasteiger charge is -2.41. The Balaban J connectivity index is 2.17. The fourth-order valence-electron chi connectivity index (χ4n) is 3.31. The average Bonchev–Trinajstić information content (AvgIpc) is 2.36. The van der Waals surface area contributed by atoms with Crippen LogP contribution in [-0.4, -0.2) is 18.4 Å². The highest BCUT2D eigenvalue weighted by molar-refractivity contribution is 6.06. The highest BCUT2D eigenvalue weighted by Gasteiger charge is 2.42. The first-order valence-corrected chi connectivity index (χ1v) is 6.99. The first-order valence-electron chi connectivity index (χ1n) is 6.99. The lowest BCUT2D eigenvalue weighted by atomic mass is 9.63. The van der Waals surface area contributed by atoms with Crippen LogP contribution in [0.15, 0.2) is 24.3 Å². The van der Waals surface area contributed by atoms with Gasteiger partial charge in [-0.05, 0) is 36.7 Å². The number of esters is 1. The molecule has 19 heavy (non-hydrogen) atoms. The normalized spacial score (nSPS) is 29.2. The van der Waals surface area contributed by atoms with E-state index in [0.717, 1.165) is 19.3 Å². The van der Waals surface area contributed by atoms with Gasteiger partial charge in [0.15, 0.2) is 5.78 Å². The summed E-state index contributed by atoms with van der Waals surface area (Å²) in [5.74, 6) is -0.732. The number of carbonyl (C=O) groups excluding carboxylic acids is 2. The standard InChI is InChI=1S/C16H22O3/c1-4-8-19-15(18)12-9-11-6-5-7-16(2,3)13(11)10-14(12)17/h4,10-12H,1,5-9H2,2-3H3. The van der Waals surface area contributed by atoms with Crippen LogP contribution >= 0.6 is 0 Å². The molecule has 2 aliphatic rings. The van der Waals surface area contributed by atoms with Gasteiger partial charge in [-0.1, -0.05) is 38.5 Å². The number of hydrogen-bond donors (Lipinski definition) is 0. The van der Waals surface area contributed by atoms with Crippen molar-refractivity contribution in [3.05, 3.63) is 24.3 Å². The smallest absolute Gasteiger partial charge is 0.317 e. The highest BCUT2D eigenvalue weighted by Crippen LogP contribution is 2.48. The molecule has 0 bridgehead atoms. The van der Waals surface area contributed by atoms with E-state index in [9.17, 15) is 9.59 Å². The maximum atomic E-state index is 12.1. The van der Waals surface area contributed by atoms with Crippen molar-refractivity contribution in [2.75, 3.05) is 6.61 Å². The maximum Gasteiger partial charge on any atom is 0.317 e. The summed E-state index contributed by atoms with van der Waals surface area (Å²) in [6.07, 6.45) is 7.22. The minimum Gasteiger partial charge on any atom is -0.461 e. The van der Waals surface area contributed by atoms with E-state index in [0.29, 0.717) is 12.3 Å². The molecule has 3 heteroatoms. The lowest BCUT2D eigenvalue weighted by molar-refractivity contribution is -0.151. The number of ketones is 1. The predicted octanol–water partition coefficient (Wildman–Crippen LogP) is 3.06. The molecular weight excluding hydrogens is 240 g/mol. The topological polar surface area (TPSA) is 43.4 Å². The van der Waals surface area contributed by atoms with E-state index in [2.05, 4.69) is 20.4 Å². The minimum absolute atomic E-state index is 0.0877. The molecule has 0 N–H and O–H groups in total. The third kappa shape index (κ3) is 2.80. The SMILES string of the molecule is C=CCOC(=O)C1CC2CCCC(C)(C)C2=CC1=O. The molecule has 0 radical (unpaired) electrons. The Labute approximate surface area is 114 Å². The van der Waals surface area contributed by atoms with Gasteiger partial charge in [0, 0.05) is 0 Å². The van der Waals surface area contributed by atoms with E-state index >= 15 is 0 Å². The Morgan fingerprint density at radius 3 is 3.00 bits per heavy atom. The van der Waals surface area contributed by atoms with Crippen LogP contribution in [0, 0.1) is 17.3 Å². The van der Waals surface area contributed by atoms with Crippen LogP contribution < -0.4 is 0 Å². The lowest BCUT2D eigenvalue weighted by Crippen LogP contribution is -2.37. The fourth-order valence-corrected chi connectivity index (χ4v) is 3.31. The molecule has 3 nitrogen and oxygen atoms in total. The zero-order valence-corrected chi connectivity index (χ0v) is 11.8. The average molecular weight is 262 g/mol. The predicted molar refractivity (Wildman–Crippen MR) is 73.5 cm³/mol. The molecule has 1 fully saturated rings. The van der Waals surface area contributed by atoms with E-state index in [4.69, 9.17) is 4.74 Å². The van der Waals surface area contributed by atoms with Crippen molar-refractivity contribution >= 4 is 11.8 Å². The Hall–Kier alpha value is -1.38. The Kier molecular flexibility index (Phi) is 3.93. The van der Waals surface area contributed by atoms with Crippen LogP contribution in [0.25, 0.3) is 0 Å².